The van der Waals surface area contributed by atoms with Crippen molar-refractivity contribution < 1.29 is 24.4 Å². The van der Waals surface area contributed by atoms with Gasteiger partial charge in [-0.2, -0.15) is 5.23 Å². The van der Waals surface area contributed by atoms with E-state index >= 15 is 4.39 Å². The number of nitrogens with zero attached hydrogens (tertiary/aromatic N) is 1. The number of nitrogens with one attached hydrogen (secondary N) is 2. The molecular formula is C25H23ClFN3O4S. The Morgan fingerprint density at radius 1 is 1.23 bits per heavy atom. The first-order valence-electron chi connectivity index (χ1n) is 10.7. The van der Waals surface area contributed by atoms with Gasteiger partial charge in [0, 0.05) is 29.1 Å². The van der Waals surface area contributed by atoms with Crippen molar-refractivity contribution in [1.82, 2.24) is 4.98 Å². The number of ether oxygens (including phenoxy) is 1. The Labute approximate surface area is 210 Å². The fraction of sp³-hybridized carbons (Fsp3) is 0.200. The van der Waals surface area contributed by atoms with E-state index in [1.807, 2.05) is 0 Å². The highest BCUT2D eigenvalue weighted by atomic mass is 35.5. The lowest BCUT2D eigenvalue weighted by molar-refractivity contribution is -0.991. The average Bonchev–Trinajstić information content (AvgIpc) is 3.14. The maximum atomic E-state index is 15.9. The third-order valence-corrected chi connectivity index (χ3v) is 6.17. The summed E-state index contributed by atoms with van der Waals surface area (Å²) < 4.78 is 21.9. The molecular weight excluding hydrogens is 493 g/mol. The number of fused-ring (bicyclic) bond motifs is 1. The summed E-state index contributed by atoms with van der Waals surface area (Å²) in [5.74, 6) is -0.462. The van der Waals surface area contributed by atoms with Crippen LogP contribution in [0.2, 0.25) is 5.02 Å². The van der Waals surface area contributed by atoms with E-state index in [0.717, 1.165) is 5.56 Å². The van der Waals surface area contributed by atoms with E-state index in [-0.39, 0.29) is 22.8 Å². The Kier molecular flexibility index (Phi) is 7.07. The summed E-state index contributed by atoms with van der Waals surface area (Å²) in [5.41, 5.74) is 1.86. The molecule has 4 rings (SSSR count). The molecule has 0 bridgehead atoms. The molecule has 0 saturated heterocycles. The molecule has 0 aliphatic carbocycles. The van der Waals surface area contributed by atoms with Crippen LogP contribution in [0.25, 0.3) is 21.3 Å². The number of benzene rings is 3. The SMILES string of the molecule is CC(C)(C)OC(=O)Nc1nc2c(-c3cccc(Cl)c3)c(F)c(Cc3ccc([NH+]([O-])O)cc3)cc2s1. The fourth-order valence-corrected chi connectivity index (χ4v) is 4.68. The molecule has 1 unspecified atom stereocenters. The highest BCUT2D eigenvalue weighted by Crippen LogP contribution is 2.39. The summed E-state index contributed by atoms with van der Waals surface area (Å²) in [7, 11) is 0. The third-order valence-electron chi connectivity index (χ3n) is 5.01. The zero-order valence-electron chi connectivity index (χ0n) is 19.2. The number of hydrogen-bond acceptors (Lipinski definition) is 6. The molecule has 0 aliphatic rings. The molecule has 0 spiro atoms. The first-order chi connectivity index (χ1) is 16.5. The largest absolute Gasteiger partial charge is 0.595 e. The zero-order chi connectivity index (χ0) is 25.3. The van der Waals surface area contributed by atoms with Gasteiger partial charge in [0.15, 0.2) is 10.8 Å². The number of aromatic nitrogens is 1. The normalized spacial score (nSPS) is 12.5. The molecule has 0 fully saturated rings. The highest BCUT2D eigenvalue weighted by molar-refractivity contribution is 7.22. The van der Waals surface area contributed by atoms with Crippen molar-refractivity contribution >= 4 is 50.1 Å². The molecule has 35 heavy (non-hydrogen) atoms. The molecule has 4 aromatic rings. The summed E-state index contributed by atoms with van der Waals surface area (Å²) in [4.78, 5) is 16.7. The Balaban J connectivity index is 1.78. The number of thiazole rings is 1. The van der Waals surface area contributed by atoms with Gasteiger partial charge in [-0.15, -0.1) is 0 Å². The van der Waals surface area contributed by atoms with E-state index in [2.05, 4.69) is 10.3 Å². The van der Waals surface area contributed by atoms with Gasteiger partial charge >= 0.3 is 6.09 Å². The Morgan fingerprint density at radius 2 is 1.94 bits per heavy atom. The molecule has 1 atom stereocenters. The summed E-state index contributed by atoms with van der Waals surface area (Å²) in [6.45, 7) is 5.27. The summed E-state index contributed by atoms with van der Waals surface area (Å²) in [5, 5.41) is 22.6. The van der Waals surface area contributed by atoms with Crippen molar-refractivity contribution in [3.05, 3.63) is 81.8 Å². The van der Waals surface area contributed by atoms with E-state index in [0.29, 0.717) is 26.4 Å². The van der Waals surface area contributed by atoms with Crippen LogP contribution >= 0.6 is 22.9 Å². The zero-order valence-corrected chi connectivity index (χ0v) is 20.8. The number of halogens is 2. The van der Waals surface area contributed by atoms with Gasteiger partial charge in [-0.1, -0.05) is 47.2 Å². The molecule has 10 heteroatoms. The van der Waals surface area contributed by atoms with E-state index in [9.17, 15) is 10.0 Å². The lowest BCUT2D eigenvalue weighted by atomic mass is 9.97. The minimum absolute atomic E-state index is 0.157. The highest BCUT2D eigenvalue weighted by Gasteiger charge is 2.22. The first kappa shape index (κ1) is 25.0. The first-order valence-corrected chi connectivity index (χ1v) is 11.9. The van der Waals surface area contributed by atoms with Gasteiger partial charge in [0.25, 0.3) is 0 Å². The van der Waals surface area contributed by atoms with Crippen molar-refractivity contribution in [3.8, 4) is 11.1 Å². The van der Waals surface area contributed by atoms with E-state index in [1.54, 1.807) is 63.2 Å². The van der Waals surface area contributed by atoms with Crippen LogP contribution in [0.4, 0.5) is 20.0 Å². The monoisotopic (exact) mass is 515 g/mol. The number of carbonyl (C=O) groups excluding carboxylic acids is 1. The predicted molar refractivity (Wildman–Crippen MR) is 135 cm³/mol. The van der Waals surface area contributed by atoms with Crippen LogP contribution in [0, 0.1) is 11.0 Å². The maximum absolute atomic E-state index is 15.9. The summed E-state index contributed by atoms with van der Waals surface area (Å²) in [6.07, 6.45) is -0.415. The molecule has 3 N–H and O–H groups in total. The maximum Gasteiger partial charge on any atom is 0.413 e. The van der Waals surface area contributed by atoms with Gasteiger partial charge in [-0.25, -0.2) is 19.4 Å². The minimum atomic E-state index is -1.03. The van der Waals surface area contributed by atoms with E-state index in [4.69, 9.17) is 21.5 Å². The van der Waals surface area contributed by atoms with Gasteiger partial charge in [-0.3, -0.25) is 5.32 Å². The predicted octanol–water partition coefficient (Wildman–Crippen LogP) is 6.10. The summed E-state index contributed by atoms with van der Waals surface area (Å²) >= 11 is 7.39. The van der Waals surface area contributed by atoms with Crippen LogP contribution in [0.1, 0.15) is 31.9 Å². The lowest BCUT2D eigenvalue weighted by Gasteiger charge is -2.18. The number of anilines is 1. The van der Waals surface area contributed by atoms with Crippen LogP contribution in [0.3, 0.4) is 0 Å². The van der Waals surface area contributed by atoms with Crippen LogP contribution < -0.4 is 10.5 Å². The molecule has 0 aliphatic heterocycles. The van der Waals surface area contributed by atoms with Crippen LogP contribution in [-0.2, 0) is 11.2 Å². The topological polar surface area (TPSA) is 99.0 Å². The van der Waals surface area contributed by atoms with E-state index < -0.39 is 22.7 Å². The number of rotatable bonds is 5. The second kappa shape index (κ2) is 9.88. The third kappa shape index (κ3) is 5.95. The molecule has 1 heterocycles. The summed E-state index contributed by atoms with van der Waals surface area (Å²) in [6, 6.07) is 14.8. The number of carbonyl (C=O) groups is 1. The Bertz CT molecular complexity index is 1380. The van der Waals surface area contributed by atoms with Crippen molar-refractivity contribution in [2.75, 3.05) is 5.32 Å². The Morgan fingerprint density at radius 3 is 2.57 bits per heavy atom. The van der Waals surface area contributed by atoms with Crippen LogP contribution in [0.15, 0.2) is 54.6 Å². The van der Waals surface area contributed by atoms with Crippen LogP contribution in [0.5, 0.6) is 0 Å². The van der Waals surface area contributed by atoms with Crippen molar-refractivity contribution in [2.45, 2.75) is 32.8 Å². The average molecular weight is 516 g/mol. The number of amides is 1. The second-order valence-corrected chi connectivity index (χ2v) is 10.4. The van der Waals surface area contributed by atoms with Gasteiger partial charge in [0.05, 0.1) is 10.2 Å². The fourth-order valence-electron chi connectivity index (χ4n) is 3.56. The van der Waals surface area contributed by atoms with Crippen molar-refractivity contribution in [2.24, 2.45) is 0 Å². The minimum Gasteiger partial charge on any atom is -0.595 e. The quantitative estimate of drug-likeness (QED) is 0.279. The molecule has 7 nitrogen and oxygen atoms in total. The smallest absolute Gasteiger partial charge is 0.413 e. The molecule has 0 saturated carbocycles. The molecule has 1 amide bonds. The van der Waals surface area contributed by atoms with Crippen LogP contribution in [-0.4, -0.2) is 21.9 Å². The number of quaternary nitrogens is 1. The Hall–Kier alpha value is -3.08. The second-order valence-electron chi connectivity index (χ2n) is 8.91. The van der Waals surface area contributed by atoms with Gasteiger partial charge in [-0.05, 0) is 55.7 Å². The molecule has 1 aromatic heterocycles. The molecule has 182 valence electrons. The lowest BCUT2D eigenvalue weighted by Crippen LogP contribution is -2.99. The van der Waals surface area contributed by atoms with E-state index in [1.165, 1.54) is 23.5 Å². The van der Waals surface area contributed by atoms with Gasteiger partial charge in [0.1, 0.15) is 11.4 Å². The number of hydrogen-bond donors (Lipinski definition) is 3. The standard InChI is InChI=1S/C25H23ClFN3O4S/c1-25(2,3)34-24(31)29-23-28-22-19(35-23)13-16(11-14-7-9-18(10-8-14)30(32)33)21(27)20(22)15-5-4-6-17(26)12-15/h4-10,12-13,30,32H,11H2,1-3H3,(H,28,29,31). The van der Waals surface area contributed by atoms with Crippen molar-refractivity contribution in [1.29, 1.82) is 0 Å². The van der Waals surface area contributed by atoms with Gasteiger partial charge < -0.3 is 9.94 Å². The molecule has 3 aromatic carbocycles. The van der Waals surface area contributed by atoms with Gasteiger partial charge in [0.2, 0.25) is 0 Å². The van der Waals surface area contributed by atoms with Crippen molar-refractivity contribution in [3.63, 3.8) is 0 Å². The molecule has 0 radical (unpaired) electrons.